The number of rotatable bonds is 2. The summed E-state index contributed by atoms with van der Waals surface area (Å²) in [5.74, 6) is -0.369. The number of primary amides is 1. The van der Waals surface area contributed by atoms with Gasteiger partial charge in [0.2, 0.25) is 5.91 Å². The number of aromatic nitrogens is 2. The number of nitrogens with two attached hydrogens (primary N) is 2. The Morgan fingerprint density at radius 1 is 1.37 bits per heavy atom. The number of carbonyl (C=O) groups is 1. The lowest BCUT2D eigenvalue weighted by atomic mass is 9.79. The average Bonchev–Trinajstić information content (AvgIpc) is 2.82. The van der Waals surface area contributed by atoms with Crippen molar-refractivity contribution < 1.29 is 4.79 Å². The second kappa shape index (κ2) is 4.63. The molecule has 1 fully saturated rings. The quantitative estimate of drug-likeness (QED) is 0.835. The summed E-state index contributed by atoms with van der Waals surface area (Å²) in [6.07, 6.45) is 9.95. The van der Waals surface area contributed by atoms with Gasteiger partial charge in [0.25, 0.3) is 0 Å². The molecule has 4 N–H and O–H groups in total. The van der Waals surface area contributed by atoms with Gasteiger partial charge in [-0.25, -0.2) is 4.98 Å². The molecule has 0 aliphatic heterocycles. The van der Waals surface area contributed by atoms with Crippen molar-refractivity contribution in [3.05, 3.63) is 17.7 Å². The second-order valence-electron chi connectivity index (χ2n) is 6.02. The Labute approximate surface area is 113 Å². The van der Waals surface area contributed by atoms with E-state index >= 15 is 0 Å². The molecular formula is C14H22N4O. The summed E-state index contributed by atoms with van der Waals surface area (Å²) in [7, 11) is 0. The van der Waals surface area contributed by atoms with Crippen molar-refractivity contribution in [1.82, 2.24) is 9.55 Å². The van der Waals surface area contributed by atoms with E-state index in [1.54, 1.807) is 0 Å². The van der Waals surface area contributed by atoms with Crippen molar-refractivity contribution in [3.8, 4) is 0 Å². The number of fused-ring (bicyclic) bond motifs is 1. The zero-order valence-corrected chi connectivity index (χ0v) is 11.3. The maximum absolute atomic E-state index is 11.6. The third-order valence-corrected chi connectivity index (χ3v) is 4.70. The fourth-order valence-electron chi connectivity index (χ4n) is 3.55. The molecule has 0 radical (unpaired) electrons. The summed E-state index contributed by atoms with van der Waals surface area (Å²) in [6, 6.07) is 0.278. The Kier molecular flexibility index (Phi) is 3.09. The monoisotopic (exact) mass is 262 g/mol. The van der Waals surface area contributed by atoms with E-state index in [1.165, 1.54) is 24.2 Å². The van der Waals surface area contributed by atoms with Gasteiger partial charge in [0.1, 0.15) is 0 Å². The molecule has 2 aliphatic carbocycles. The summed E-state index contributed by atoms with van der Waals surface area (Å²) in [5.41, 5.74) is 13.4. The molecule has 2 aliphatic rings. The molecule has 0 saturated heterocycles. The van der Waals surface area contributed by atoms with Crippen LogP contribution in [0.25, 0.3) is 0 Å². The van der Waals surface area contributed by atoms with Crippen LogP contribution < -0.4 is 11.5 Å². The van der Waals surface area contributed by atoms with Gasteiger partial charge in [-0.3, -0.25) is 4.79 Å². The van der Waals surface area contributed by atoms with Gasteiger partial charge in [-0.1, -0.05) is 0 Å². The van der Waals surface area contributed by atoms with Crippen LogP contribution in [0.3, 0.4) is 0 Å². The number of nitrogens with zero attached hydrogens (tertiary/aromatic N) is 2. The molecule has 5 heteroatoms. The lowest BCUT2D eigenvalue weighted by molar-refractivity contribution is -0.124. The zero-order valence-electron chi connectivity index (χ0n) is 11.3. The second-order valence-corrected chi connectivity index (χ2v) is 6.02. The maximum atomic E-state index is 11.6. The smallest absolute Gasteiger partial charge is 0.237 e. The minimum atomic E-state index is -0.839. The summed E-state index contributed by atoms with van der Waals surface area (Å²) >= 11 is 0. The van der Waals surface area contributed by atoms with Crippen LogP contribution in [0.15, 0.2) is 6.33 Å². The molecule has 2 unspecified atom stereocenters. The predicted octanol–water partition coefficient (Wildman–Crippen LogP) is 1.06. The molecule has 104 valence electrons. The summed E-state index contributed by atoms with van der Waals surface area (Å²) in [4.78, 5) is 16.1. The summed E-state index contributed by atoms with van der Waals surface area (Å²) in [5, 5.41) is 0. The van der Waals surface area contributed by atoms with E-state index in [0.29, 0.717) is 12.8 Å². The van der Waals surface area contributed by atoms with Crippen molar-refractivity contribution in [2.75, 3.05) is 0 Å². The number of hydrogen-bond acceptors (Lipinski definition) is 3. The van der Waals surface area contributed by atoms with E-state index in [9.17, 15) is 4.79 Å². The maximum Gasteiger partial charge on any atom is 0.237 e. The summed E-state index contributed by atoms with van der Waals surface area (Å²) < 4.78 is 2.26. The standard InChI is InChI=1S/C14H22N4O/c15-13(19)14(16)7-3-4-10(8-14)18-9-17-11-5-1-2-6-12(11)18/h9-10H,1-8,16H2,(H2,15,19). The Balaban J connectivity index is 1.86. The molecule has 1 saturated carbocycles. The number of hydrogen-bond donors (Lipinski definition) is 2. The highest BCUT2D eigenvalue weighted by Crippen LogP contribution is 2.36. The first-order valence-electron chi connectivity index (χ1n) is 7.23. The fraction of sp³-hybridized carbons (Fsp3) is 0.714. The van der Waals surface area contributed by atoms with E-state index in [-0.39, 0.29) is 11.9 Å². The lowest BCUT2D eigenvalue weighted by Gasteiger charge is -2.36. The van der Waals surface area contributed by atoms with Crippen LogP contribution in [0, 0.1) is 0 Å². The van der Waals surface area contributed by atoms with Crippen molar-refractivity contribution >= 4 is 5.91 Å². The molecule has 0 bridgehead atoms. The minimum absolute atomic E-state index is 0.278. The first-order chi connectivity index (χ1) is 9.10. The Hall–Kier alpha value is -1.36. The topological polar surface area (TPSA) is 86.9 Å². The normalized spacial score (nSPS) is 30.9. The molecule has 0 spiro atoms. The fourth-order valence-corrected chi connectivity index (χ4v) is 3.55. The first kappa shape index (κ1) is 12.7. The molecule has 1 aromatic rings. The molecule has 1 heterocycles. The predicted molar refractivity (Wildman–Crippen MR) is 72.5 cm³/mol. The molecule has 2 atom stereocenters. The van der Waals surface area contributed by atoms with Crippen LogP contribution in [0.5, 0.6) is 0 Å². The van der Waals surface area contributed by atoms with Crippen LogP contribution in [0.4, 0.5) is 0 Å². The van der Waals surface area contributed by atoms with E-state index in [2.05, 4.69) is 9.55 Å². The molecule has 1 aromatic heterocycles. The van der Waals surface area contributed by atoms with E-state index in [4.69, 9.17) is 11.5 Å². The van der Waals surface area contributed by atoms with Crippen LogP contribution in [-0.2, 0) is 17.6 Å². The van der Waals surface area contributed by atoms with E-state index in [0.717, 1.165) is 25.7 Å². The molecular weight excluding hydrogens is 240 g/mol. The van der Waals surface area contributed by atoms with Crippen molar-refractivity contribution in [2.24, 2.45) is 11.5 Å². The van der Waals surface area contributed by atoms with Crippen molar-refractivity contribution in [3.63, 3.8) is 0 Å². The minimum Gasteiger partial charge on any atom is -0.368 e. The molecule has 3 rings (SSSR count). The van der Waals surface area contributed by atoms with Gasteiger partial charge in [-0.05, 0) is 51.4 Å². The summed E-state index contributed by atoms with van der Waals surface area (Å²) in [6.45, 7) is 0. The highest BCUT2D eigenvalue weighted by molar-refractivity contribution is 5.84. The highest BCUT2D eigenvalue weighted by atomic mass is 16.1. The van der Waals surface area contributed by atoms with Crippen LogP contribution >= 0.6 is 0 Å². The van der Waals surface area contributed by atoms with Crippen LogP contribution in [0.1, 0.15) is 56.0 Å². The number of amides is 1. The zero-order chi connectivity index (χ0) is 13.5. The SMILES string of the molecule is NC(=O)C1(N)CCCC(n2cnc3c2CCCC3)C1. The lowest BCUT2D eigenvalue weighted by Crippen LogP contribution is -2.54. The van der Waals surface area contributed by atoms with Gasteiger partial charge in [-0.15, -0.1) is 0 Å². The van der Waals surface area contributed by atoms with Gasteiger partial charge in [0.05, 0.1) is 17.6 Å². The van der Waals surface area contributed by atoms with Gasteiger partial charge in [0.15, 0.2) is 0 Å². The number of aryl methyl sites for hydroxylation is 1. The largest absolute Gasteiger partial charge is 0.368 e. The number of imidazole rings is 1. The Morgan fingerprint density at radius 2 is 2.16 bits per heavy atom. The molecule has 19 heavy (non-hydrogen) atoms. The Morgan fingerprint density at radius 3 is 2.95 bits per heavy atom. The van der Waals surface area contributed by atoms with Gasteiger partial charge >= 0.3 is 0 Å². The number of carbonyl (C=O) groups excluding carboxylic acids is 1. The van der Waals surface area contributed by atoms with Crippen LogP contribution in [0.2, 0.25) is 0 Å². The van der Waals surface area contributed by atoms with Gasteiger partial charge < -0.3 is 16.0 Å². The highest BCUT2D eigenvalue weighted by Gasteiger charge is 2.39. The van der Waals surface area contributed by atoms with Crippen molar-refractivity contribution in [1.29, 1.82) is 0 Å². The van der Waals surface area contributed by atoms with E-state index in [1.807, 2.05) is 6.33 Å². The Bertz CT molecular complexity index is 496. The van der Waals surface area contributed by atoms with Crippen molar-refractivity contribution in [2.45, 2.75) is 62.9 Å². The average molecular weight is 262 g/mol. The molecule has 0 aromatic carbocycles. The molecule has 1 amide bonds. The van der Waals surface area contributed by atoms with Gasteiger partial charge in [-0.2, -0.15) is 0 Å². The first-order valence-corrected chi connectivity index (χ1v) is 7.23. The van der Waals surface area contributed by atoms with E-state index < -0.39 is 5.54 Å². The van der Waals surface area contributed by atoms with Gasteiger partial charge in [0, 0.05) is 11.7 Å². The third-order valence-electron chi connectivity index (χ3n) is 4.70. The molecule has 5 nitrogen and oxygen atoms in total. The van der Waals surface area contributed by atoms with Crippen LogP contribution in [-0.4, -0.2) is 21.0 Å². The third kappa shape index (κ3) is 2.16.